The monoisotopic (exact) mass is 455 g/mol. The summed E-state index contributed by atoms with van der Waals surface area (Å²) in [7, 11) is 0. The van der Waals surface area contributed by atoms with Crippen LogP contribution in [0.5, 0.6) is 0 Å². The fourth-order valence-corrected chi connectivity index (χ4v) is 3.93. The highest BCUT2D eigenvalue weighted by Gasteiger charge is 2.24. The zero-order valence-corrected chi connectivity index (χ0v) is 18.4. The fraction of sp³-hybridized carbons (Fsp3) is 0.409. The number of nitrogens with zero attached hydrogens (tertiary/aromatic N) is 1. The Balaban J connectivity index is 0.00000160. The third-order valence-corrected chi connectivity index (χ3v) is 5.37. The second-order valence-corrected chi connectivity index (χ2v) is 7.46. The van der Waals surface area contributed by atoms with Gasteiger partial charge in [-0.05, 0) is 35.7 Å². The van der Waals surface area contributed by atoms with Gasteiger partial charge in [-0.3, -0.25) is 9.69 Å². The Morgan fingerprint density at radius 3 is 2.80 bits per heavy atom. The first-order valence-electron chi connectivity index (χ1n) is 9.88. The van der Waals surface area contributed by atoms with Crippen molar-refractivity contribution in [1.82, 2.24) is 10.2 Å². The summed E-state index contributed by atoms with van der Waals surface area (Å²) in [6, 6.07) is 13.8. The minimum atomic E-state index is -0.303. The number of anilines is 1. The van der Waals surface area contributed by atoms with Crippen LogP contribution in [0.4, 0.5) is 10.1 Å². The van der Waals surface area contributed by atoms with Crippen LogP contribution in [-0.4, -0.2) is 43.2 Å². The quantitative estimate of drug-likeness (QED) is 0.723. The molecule has 5 nitrogen and oxygen atoms in total. The highest BCUT2D eigenvalue weighted by Crippen LogP contribution is 2.25. The van der Waals surface area contributed by atoms with Crippen molar-refractivity contribution in [2.75, 3.05) is 31.6 Å². The Morgan fingerprint density at radius 2 is 2.00 bits per heavy atom. The van der Waals surface area contributed by atoms with E-state index in [0.717, 1.165) is 25.2 Å². The van der Waals surface area contributed by atoms with Crippen molar-refractivity contribution in [1.29, 1.82) is 0 Å². The van der Waals surface area contributed by atoms with Crippen LogP contribution in [0.2, 0.25) is 0 Å². The third-order valence-electron chi connectivity index (χ3n) is 5.37. The van der Waals surface area contributed by atoms with Gasteiger partial charge >= 0.3 is 0 Å². The second kappa shape index (κ2) is 11.6. The van der Waals surface area contributed by atoms with E-state index in [9.17, 15) is 9.18 Å². The van der Waals surface area contributed by atoms with Crippen molar-refractivity contribution in [3.05, 3.63) is 65.0 Å². The van der Waals surface area contributed by atoms with Gasteiger partial charge in [-0.2, -0.15) is 0 Å². The lowest BCUT2D eigenvalue weighted by molar-refractivity contribution is -0.121. The maximum atomic E-state index is 14.7. The Hall–Kier alpha value is -1.70. The molecule has 2 heterocycles. The normalized spacial score (nSPS) is 18.5. The number of ether oxygens (including phenoxy) is 1. The number of amides is 1. The van der Waals surface area contributed by atoms with Crippen molar-refractivity contribution in [2.24, 2.45) is 0 Å². The minimum absolute atomic E-state index is 0. The Morgan fingerprint density at radius 1 is 1.20 bits per heavy atom. The summed E-state index contributed by atoms with van der Waals surface area (Å²) in [6.45, 7) is 4.42. The highest BCUT2D eigenvalue weighted by atomic mass is 35.5. The predicted molar refractivity (Wildman–Crippen MR) is 121 cm³/mol. The van der Waals surface area contributed by atoms with Crippen molar-refractivity contribution in [3.8, 4) is 0 Å². The molecule has 0 aromatic heterocycles. The molecule has 164 valence electrons. The highest BCUT2D eigenvalue weighted by molar-refractivity contribution is 5.91. The van der Waals surface area contributed by atoms with Gasteiger partial charge in [-0.25, -0.2) is 4.39 Å². The van der Waals surface area contributed by atoms with Crippen LogP contribution in [0.3, 0.4) is 0 Å². The number of fused-ring (bicyclic) bond motifs is 1. The van der Waals surface area contributed by atoms with Gasteiger partial charge in [0.15, 0.2) is 0 Å². The van der Waals surface area contributed by atoms with E-state index in [0.29, 0.717) is 31.7 Å². The summed E-state index contributed by atoms with van der Waals surface area (Å²) in [4.78, 5) is 14.8. The molecule has 1 atom stereocenters. The molecule has 0 aliphatic carbocycles. The number of halogens is 3. The maximum Gasteiger partial charge on any atom is 0.227 e. The predicted octanol–water partition coefficient (Wildman–Crippen LogP) is 3.54. The molecule has 2 aromatic carbocycles. The Bertz CT molecular complexity index is 839. The number of benzene rings is 2. The van der Waals surface area contributed by atoms with E-state index in [1.54, 1.807) is 6.07 Å². The van der Waals surface area contributed by atoms with Crippen LogP contribution >= 0.6 is 24.8 Å². The first-order valence-corrected chi connectivity index (χ1v) is 9.88. The van der Waals surface area contributed by atoms with Gasteiger partial charge in [0.25, 0.3) is 0 Å². The standard InChI is InChI=1S/C22H26FN3O2.2ClH/c23-22-19-8-9-24-13-17(19)6-7-20(22)25-21(27)12-18-15-26(10-11-28-18)14-16-4-2-1-3-5-16;;/h1-7,18,24H,8-15H2,(H,25,27);2*1H. The Kier molecular flexibility index (Phi) is 9.52. The van der Waals surface area contributed by atoms with Crippen LogP contribution in [-0.2, 0) is 29.0 Å². The summed E-state index contributed by atoms with van der Waals surface area (Å²) >= 11 is 0. The number of nitrogens with one attached hydrogen (secondary N) is 2. The van der Waals surface area contributed by atoms with Gasteiger partial charge in [0.1, 0.15) is 5.82 Å². The zero-order chi connectivity index (χ0) is 19.3. The first-order chi connectivity index (χ1) is 13.7. The van der Waals surface area contributed by atoms with Crippen LogP contribution in [0.1, 0.15) is 23.1 Å². The van der Waals surface area contributed by atoms with E-state index >= 15 is 0 Å². The molecule has 1 unspecified atom stereocenters. The average Bonchev–Trinajstić information content (AvgIpc) is 2.71. The molecule has 2 aromatic rings. The smallest absolute Gasteiger partial charge is 0.227 e. The second-order valence-electron chi connectivity index (χ2n) is 7.46. The lowest BCUT2D eigenvalue weighted by Crippen LogP contribution is -2.43. The molecular weight excluding hydrogens is 428 g/mol. The zero-order valence-electron chi connectivity index (χ0n) is 16.7. The van der Waals surface area contributed by atoms with E-state index in [1.807, 2.05) is 24.3 Å². The van der Waals surface area contributed by atoms with Gasteiger partial charge < -0.3 is 15.4 Å². The van der Waals surface area contributed by atoms with Crippen LogP contribution in [0.15, 0.2) is 42.5 Å². The topological polar surface area (TPSA) is 53.6 Å². The van der Waals surface area contributed by atoms with E-state index in [4.69, 9.17) is 4.74 Å². The molecule has 0 spiro atoms. The van der Waals surface area contributed by atoms with Crippen LogP contribution < -0.4 is 10.6 Å². The number of rotatable bonds is 5. The lowest BCUT2D eigenvalue weighted by Gasteiger charge is -2.32. The largest absolute Gasteiger partial charge is 0.375 e. The number of carbonyl (C=O) groups excluding carboxylic acids is 1. The molecule has 0 saturated carbocycles. The number of hydrogen-bond donors (Lipinski definition) is 2. The van der Waals surface area contributed by atoms with E-state index in [-0.39, 0.29) is 54.8 Å². The SMILES string of the molecule is Cl.Cl.O=C(CC1CN(Cc2ccccc2)CCO1)Nc1ccc2c(c1F)CCNC2. The van der Waals surface area contributed by atoms with Gasteiger partial charge in [0.2, 0.25) is 5.91 Å². The number of carbonyl (C=O) groups is 1. The molecule has 0 bridgehead atoms. The molecule has 1 fully saturated rings. The summed E-state index contributed by atoms with van der Waals surface area (Å²) < 4.78 is 20.5. The molecule has 30 heavy (non-hydrogen) atoms. The molecule has 1 amide bonds. The average molecular weight is 456 g/mol. The first kappa shape index (κ1) is 24.6. The molecule has 8 heteroatoms. The van der Waals surface area contributed by atoms with Gasteiger partial charge in [0, 0.05) is 26.2 Å². The van der Waals surface area contributed by atoms with Gasteiger partial charge in [0.05, 0.1) is 24.8 Å². The van der Waals surface area contributed by atoms with Gasteiger partial charge in [-0.1, -0.05) is 36.4 Å². The summed E-state index contributed by atoms with van der Waals surface area (Å²) in [5.41, 5.74) is 3.19. The molecule has 1 saturated heterocycles. The van der Waals surface area contributed by atoms with Gasteiger partial charge in [-0.15, -0.1) is 24.8 Å². The lowest BCUT2D eigenvalue weighted by atomic mass is 9.99. The molecular formula is C22H28Cl2FN3O2. The molecule has 2 N–H and O–H groups in total. The third kappa shape index (κ3) is 6.15. The van der Waals surface area contributed by atoms with E-state index in [2.05, 4.69) is 27.7 Å². The van der Waals surface area contributed by atoms with Crippen LogP contribution in [0.25, 0.3) is 0 Å². The molecule has 4 rings (SSSR count). The van der Waals surface area contributed by atoms with Crippen molar-refractivity contribution < 1.29 is 13.9 Å². The minimum Gasteiger partial charge on any atom is -0.375 e. The summed E-state index contributed by atoms with van der Waals surface area (Å²) in [5, 5.41) is 5.97. The fourth-order valence-electron chi connectivity index (χ4n) is 3.93. The summed E-state index contributed by atoms with van der Waals surface area (Å²) in [5.74, 6) is -0.512. The van der Waals surface area contributed by atoms with E-state index < -0.39 is 0 Å². The summed E-state index contributed by atoms with van der Waals surface area (Å²) in [6.07, 6.45) is 0.691. The van der Waals surface area contributed by atoms with Crippen molar-refractivity contribution >= 4 is 36.4 Å². The van der Waals surface area contributed by atoms with E-state index in [1.165, 1.54) is 5.56 Å². The maximum absolute atomic E-state index is 14.7. The number of morpholine rings is 1. The molecule has 0 radical (unpaired) electrons. The molecule has 2 aliphatic heterocycles. The number of hydrogen-bond acceptors (Lipinski definition) is 4. The van der Waals surface area contributed by atoms with Crippen molar-refractivity contribution in [2.45, 2.75) is 32.0 Å². The Labute approximate surface area is 189 Å². The molecule has 2 aliphatic rings. The van der Waals surface area contributed by atoms with Crippen molar-refractivity contribution in [3.63, 3.8) is 0 Å². The van der Waals surface area contributed by atoms with Crippen LogP contribution in [0, 0.1) is 5.82 Å².